The number of β-amino-alcohol motifs (C(OH)–C–C–N with tert-alkyl or cyclic N) is 1. The molecule has 2 unspecified atom stereocenters. The van der Waals surface area contributed by atoms with Crippen LogP contribution in [0.2, 0.25) is 0 Å². The van der Waals surface area contributed by atoms with Gasteiger partial charge in [0.05, 0.1) is 11.7 Å². The molecule has 0 amide bonds. The number of likely N-dealkylation sites (tertiary alicyclic amines) is 1. The Morgan fingerprint density at radius 1 is 1.55 bits per heavy atom. The summed E-state index contributed by atoms with van der Waals surface area (Å²) in [6.07, 6.45) is -1.17. The van der Waals surface area contributed by atoms with Crippen molar-refractivity contribution in [1.82, 2.24) is 4.90 Å². The van der Waals surface area contributed by atoms with Gasteiger partial charge >= 0.3 is 5.97 Å². The summed E-state index contributed by atoms with van der Waals surface area (Å²) in [4.78, 5) is 13.4. The van der Waals surface area contributed by atoms with Crippen LogP contribution in [0.5, 0.6) is 0 Å². The van der Waals surface area contributed by atoms with Gasteiger partial charge in [-0.15, -0.1) is 0 Å². The van der Waals surface area contributed by atoms with E-state index in [1.54, 1.807) is 12.1 Å². The van der Waals surface area contributed by atoms with Gasteiger partial charge < -0.3 is 15.6 Å². The lowest BCUT2D eigenvalue weighted by atomic mass is 9.94. The summed E-state index contributed by atoms with van der Waals surface area (Å²) < 4.78 is 18.7. The number of hydrogen-bond donors (Lipinski definition) is 2. The van der Waals surface area contributed by atoms with Crippen LogP contribution in [-0.4, -0.2) is 47.8 Å². The van der Waals surface area contributed by atoms with E-state index in [0.717, 1.165) is 16.7 Å². The number of carbonyl (C=O) groups excluding carboxylic acids is 1. The maximum absolute atomic E-state index is 13.7. The predicted molar refractivity (Wildman–Crippen MR) is 79.2 cm³/mol. The lowest BCUT2D eigenvalue weighted by Crippen LogP contribution is -2.49. The highest BCUT2D eigenvalue weighted by atomic mass is 19.1. The molecule has 0 saturated carbocycles. The first-order valence-corrected chi connectivity index (χ1v) is 7.57. The summed E-state index contributed by atoms with van der Waals surface area (Å²) in [6, 6.07) is 3.05. The van der Waals surface area contributed by atoms with E-state index in [0.29, 0.717) is 25.1 Å². The summed E-state index contributed by atoms with van der Waals surface area (Å²) >= 11 is 0. The van der Waals surface area contributed by atoms with E-state index in [1.165, 1.54) is 0 Å². The van der Waals surface area contributed by atoms with Crippen molar-refractivity contribution in [2.75, 3.05) is 19.6 Å². The second-order valence-corrected chi connectivity index (χ2v) is 6.13. The molecule has 22 heavy (non-hydrogen) atoms. The van der Waals surface area contributed by atoms with Gasteiger partial charge in [-0.1, -0.05) is 6.07 Å². The van der Waals surface area contributed by atoms with Crippen LogP contribution in [0.4, 0.5) is 4.39 Å². The van der Waals surface area contributed by atoms with Gasteiger partial charge in [-0.25, -0.2) is 9.18 Å². The average Bonchev–Trinajstić information content (AvgIpc) is 2.86. The number of piperidine rings is 1. The number of nitrogens with zero attached hydrogens (tertiary/aromatic N) is 1. The SMILES string of the molecule is Cc1c([C@@H](O)CN2CCC(N)C(F)C2)ccc2c1COC2=O. The molecule has 0 spiro atoms. The predicted octanol–water partition coefficient (Wildman–Crippen LogP) is 1.07. The average molecular weight is 308 g/mol. The minimum Gasteiger partial charge on any atom is -0.457 e. The summed E-state index contributed by atoms with van der Waals surface area (Å²) in [6.45, 7) is 3.44. The van der Waals surface area contributed by atoms with Crippen molar-refractivity contribution in [1.29, 1.82) is 0 Å². The fourth-order valence-electron chi connectivity index (χ4n) is 3.22. The number of benzene rings is 1. The van der Waals surface area contributed by atoms with Gasteiger partial charge in [0.15, 0.2) is 0 Å². The van der Waals surface area contributed by atoms with Gasteiger partial charge in [-0.05, 0) is 37.1 Å². The number of aliphatic hydroxyl groups excluding tert-OH is 1. The molecule has 1 aromatic carbocycles. The van der Waals surface area contributed by atoms with Gasteiger partial charge in [0.2, 0.25) is 0 Å². The molecule has 0 radical (unpaired) electrons. The zero-order valence-electron chi connectivity index (χ0n) is 12.6. The van der Waals surface area contributed by atoms with Gasteiger partial charge in [0.1, 0.15) is 12.8 Å². The van der Waals surface area contributed by atoms with E-state index in [2.05, 4.69) is 0 Å². The van der Waals surface area contributed by atoms with Crippen molar-refractivity contribution < 1.29 is 19.0 Å². The number of carbonyl (C=O) groups is 1. The number of ether oxygens (including phenoxy) is 1. The quantitative estimate of drug-likeness (QED) is 0.817. The molecule has 0 bridgehead atoms. The topological polar surface area (TPSA) is 75.8 Å². The maximum Gasteiger partial charge on any atom is 0.338 e. The lowest BCUT2D eigenvalue weighted by Gasteiger charge is -2.34. The molecule has 1 fully saturated rings. The Labute approximate surface area is 128 Å². The molecule has 0 aromatic heterocycles. The number of fused-ring (bicyclic) bond motifs is 1. The molecule has 6 heteroatoms. The zero-order chi connectivity index (χ0) is 15.9. The Bertz CT molecular complexity index is 593. The number of cyclic esters (lactones) is 1. The minimum absolute atomic E-state index is 0.254. The van der Waals surface area contributed by atoms with Crippen molar-refractivity contribution in [3.8, 4) is 0 Å². The van der Waals surface area contributed by atoms with Crippen LogP contribution in [0.1, 0.15) is 39.6 Å². The van der Waals surface area contributed by atoms with E-state index < -0.39 is 18.3 Å². The first-order valence-electron chi connectivity index (χ1n) is 7.57. The highest BCUT2D eigenvalue weighted by molar-refractivity contribution is 5.93. The number of alkyl halides is 1. The Hall–Kier alpha value is -1.50. The maximum atomic E-state index is 13.7. The number of nitrogens with two attached hydrogens (primary N) is 1. The Morgan fingerprint density at radius 3 is 3.05 bits per heavy atom. The summed E-state index contributed by atoms with van der Waals surface area (Å²) in [5.41, 5.74) is 8.72. The van der Waals surface area contributed by atoms with Gasteiger partial charge in [-0.3, -0.25) is 4.90 Å². The largest absolute Gasteiger partial charge is 0.457 e. The molecule has 3 N–H and O–H groups in total. The number of hydrogen-bond acceptors (Lipinski definition) is 5. The third-order valence-corrected chi connectivity index (χ3v) is 4.67. The molecule has 5 nitrogen and oxygen atoms in total. The highest BCUT2D eigenvalue weighted by Crippen LogP contribution is 2.29. The number of aliphatic hydroxyl groups is 1. The van der Waals surface area contributed by atoms with Crippen molar-refractivity contribution in [3.63, 3.8) is 0 Å². The van der Waals surface area contributed by atoms with Crippen LogP contribution < -0.4 is 5.73 Å². The van der Waals surface area contributed by atoms with Crippen molar-refractivity contribution in [3.05, 3.63) is 34.4 Å². The standard InChI is InChI=1S/C16H21FN2O3/c1-9-10(2-3-11-12(9)8-22-16(11)21)15(20)7-19-5-4-14(18)13(17)6-19/h2-3,13-15,20H,4-8,18H2,1H3/t13?,14?,15-/m0/s1. The molecule has 120 valence electrons. The Kier molecular flexibility index (Phi) is 4.16. The normalized spacial score (nSPS) is 26.6. The van der Waals surface area contributed by atoms with Crippen LogP contribution in [0.15, 0.2) is 12.1 Å². The number of rotatable bonds is 3. The first kappa shape index (κ1) is 15.4. The summed E-state index contributed by atoms with van der Waals surface area (Å²) in [5.74, 6) is -0.315. The van der Waals surface area contributed by atoms with Crippen LogP contribution in [0.25, 0.3) is 0 Å². The van der Waals surface area contributed by atoms with E-state index in [-0.39, 0.29) is 19.1 Å². The van der Waals surface area contributed by atoms with Crippen molar-refractivity contribution in [2.24, 2.45) is 5.73 Å². The summed E-state index contributed by atoms with van der Waals surface area (Å²) in [7, 11) is 0. The molecule has 2 aliphatic rings. The first-order chi connectivity index (χ1) is 10.5. The molecule has 0 aliphatic carbocycles. The molecule has 2 heterocycles. The lowest BCUT2D eigenvalue weighted by molar-refractivity contribution is 0.0535. The van der Waals surface area contributed by atoms with E-state index in [9.17, 15) is 14.3 Å². The third-order valence-electron chi connectivity index (χ3n) is 4.67. The van der Waals surface area contributed by atoms with Crippen molar-refractivity contribution >= 4 is 5.97 Å². The van der Waals surface area contributed by atoms with E-state index in [1.807, 2.05) is 11.8 Å². The smallest absolute Gasteiger partial charge is 0.338 e. The van der Waals surface area contributed by atoms with Crippen LogP contribution in [0.3, 0.4) is 0 Å². The summed E-state index contributed by atoms with van der Waals surface area (Å²) in [5, 5.41) is 10.5. The molecule has 1 aromatic rings. The fourth-order valence-corrected chi connectivity index (χ4v) is 3.22. The van der Waals surface area contributed by atoms with E-state index >= 15 is 0 Å². The Morgan fingerprint density at radius 2 is 2.32 bits per heavy atom. The van der Waals surface area contributed by atoms with Crippen LogP contribution in [-0.2, 0) is 11.3 Å². The number of esters is 1. The van der Waals surface area contributed by atoms with Crippen molar-refractivity contribution in [2.45, 2.75) is 38.3 Å². The third kappa shape index (κ3) is 2.74. The van der Waals surface area contributed by atoms with Crippen LogP contribution >= 0.6 is 0 Å². The highest BCUT2D eigenvalue weighted by Gasteiger charge is 2.29. The number of halogens is 1. The molecule has 2 aliphatic heterocycles. The molecule has 3 rings (SSSR count). The van der Waals surface area contributed by atoms with Crippen LogP contribution in [0, 0.1) is 6.92 Å². The van der Waals surface area contributed by atoms with Gasteiger partial charge in [-0.2, -0.15) is 0 Å². The minimum atomic E-state index is -1.05. The molecule has 3 atom stereocenters. The van der Waals surface area contributed by atoms with Gasteiger partial charge in [0, 0.05) is 24.7 Å². The fraction of sp³-hybridized carbons (Fsp3) is 0.562. The Balaban J connectivity index is 1.73. The van der Waals surface area contributed by atoms with E-state index in [4.69, 9.17) is 10.5 Å². The molecular weight excluding hydrogens is 287 g/mol. The molecule has 1 saturated heterocycles. The second-order valence-electron chi connectivity index (χ2n) is 6.13. The zero-order valence-corrected chi connectivity index (χ0v) is 12.6. The van der Waals surface area contributed by atoms with Gasteiger partial charge in [0.25, 0.3) is 0 Å². The molecular formula is C16H21FN2O3. The second kappa shape index (κ2) is 5.95. The monoisotopic (exact) mass is 308 g/mol.